The lowest BCUT2D eigenvalue weighted by atomic mass is 10.0. The van der Waals surface area contributed by atoms with Crippen molar-refractivity contribution >= 4 is 51.1 Å². The second kappa shape index (κ2) is 7.96. The summed E-state index contributed by atoms with van der Waals surface area (Å²) in [6.07, 6.45) is 0. The van der Waals surface area contributed by atoms with Crippen LogP contribution in [-0.2, 0) is 4.74 Å². The van der Waals surface area contributed by atoms with E-state index in [9.17, 15) is 4.79 Å². The molecule has 1 saturated heterocycles. The van der Waals surface area contributed by atoms with Gasteiger partial charge in [0.05, 0.1) is 29.7 Å². The van der Waals surface area contributed by atoms with Crippen molar-refractivity contribution in [2.24, 2.45) is 5.11 Å². The lowest BCUT2D eigenvalue weighted by molar-refractivity contribution is 0.100. The van der Waals surface area contributed by atoms with Gasteiger partial charge in [-0.2, -0.15) is 0 Å². The van der Waals surface area contributed by atoms with Crippen molar-refractivity contribution in [2.45, 2.75) is 0 Å². The van der Waals surface area contributed by atoms with Crippen molar-refractivity contribution in [3.8, 4) is 11.1 Å². The summed E-state index contributed by atoms with van der Waals surface area (Å²) >= 11 is 13.4. The topological polar surface area (TPSA) is 82.7 Å². The predicted octanol–water partition coefficient (Wildman–Crippen LogP) is 5.56. The summed E-state index contributed by atoms with van der Waals surface area (Å²) in [7, 11) is 0. The molecule has 2 heterocycles. The van der Waals surface area contributed by atoms with Gasteiger partial charge < -0.3 is 9.64 Å². The summed E-state index contributed by atoms with van der Waals surface area (Å²) in [5, 5.41) is 4.59. The molecule has 0 radical (unpaired) electrons. The Labute approximate surface area is 163 Å². The molecule has 0 aliphatic carbocycles. The summed E-state index contributed by atoms with van der Waals surface area (Å²) in [6, 6.07) is 4.82. The standard InChI is InChI=1S/C16H11Cl2N5O2S/c1-20-13-12(10-3-2-9(17)8-11(10)18)14(15(24)21-22-19)26-16(13)23-4-6-25-7-5-23/h2-3,8H,4-7H2. The fraction of sp³-hybridized carbons (Fsp3) is 0.250. The van der Waals surface area contributed by atoms with E-state index in [1.807, 2.05) is 4.90 Å². The largest absolute Gasteiger partial charge is 0.378 e. The molecule has 1 aromatic heterocycles. The van der Waals surface area contributed by atoms with E-state index in [0.717, 1.165) is 11.3 Å². The van der Waals surface area contributed by atoms with Crippen LogP contribution in [0, 0.1) is 6.57 Å². The number of morpholine rings is 1. The molecule has 0 bridgehead atoms. The van der Waals surface area contributed by atoms with Crippen LogP contribution in [-0.4, -0.2) is 32.2 Å². The Morgan fingerprint density at radius 1 is 1.35 bits per heavy atom. The second-order valence-corrected chi connectivity index (χ2v) is 7.13. The van der Waals surface area contributed by atoms with Gasteiger partial charge in [0.1, 0.15) is 0 Å². The van der Waals surface area contributed by atoms with Crippen LogP contribution in [0.1, 0.15) is 9.67 Å². The number of hydrogen-bond acceptors (Lipinski definition) is 4. The minimum atomic E-state index is -0.747. The highest BCUT2D eigenvalue weighted by molar-refractivity contribution is 7.19. The van der Waals surface area contributed by atoms with E-state index in [-0.39, 0.29) is 4.88 Å². The number of azide groups is 1. The lowest BCUT2D eigenvalue weighted by Crippen LogP contribution is -2.35. The Morgan fingerprint density at radius 2 is 2.08 bits per heavy atom. The fourth-order valence-corrected chi connectivity index (χ4v) is 4.36. The third kappa shape index (κ3) is 3.49. The zero-order chi connectivity index (χ0) is 18.7. The van der Waals surface area contributed by atoms with Crippen molar-refractivity contribution < 1.29 is 9.53 Å². The van der Waals surface area contributed by atoms with E-state index in [1.54, 1.807) is 18.2 Å². The molecule has 0 saturated carbocycles. The van der Waals surface area contributed by atoms with Gasteiger partial charge in [-0.05, 0) is 28.3 Å². The quantitative estimate of drug-likeness (QED) is 0.289. The van der Waals surface area contributed by atoms with Crippen molar-refractivity contribution in [1.82, 2.24) is 0 Å². The molecule has 0 N–H and O–H groups in total. The van der Waals surface area contributed by atoms with Gasteiger partial charge in [0.15, 0.2) is 0 Å². The van der Waals surface area contributed by atoms with Crippen molar-refractivity contribution in [1.29, 1.82) is 0 Å². The maximum atomic E-state index is 12.4. The number of anilines is 1. The first-order valence-corrected chi connectivity index (χ1v) is 9.06. The van der Waals surface area contributed by atoms with Crippen molar-refractivity contribution in [2.75, 3.05) is 31.2 Å². The Morgan fingerprint density at radius 3 is 2.69 bits per heavy atom. The molecule has 1 amide bonds. The zero-order valence-corrected chi connectivity index (χ0v) is 15.6. The van der Waals surface area contributed by atoms with Gasteiger partial charge in [-0.1, -0.05) is 29.3 Å². The first-order valence-electron chi connectivity index (χ1n) is 7.48. The zero-order valence-electron chi connectivity index (χ0n) is 13.3. The van der Waals surface area contributed by atoms with E-state index in [0.29, 0.717) is 58.2 Å². The van der Waals surface area contributed by atoms with Crippen LogP contribution in [0.3, 0.4) is 0 Å². The molecule has 0 atom stereocenters. The summed E-state index contributed by atoms with van der Waals surface area (Å²) in [5.74, 6) is -0.747. The number of benzene rings is 1. The number of thiophene rings is 1. The summed E-state index contributed by atoms with van der Waals surface area (Å²) in [6.45, 7) is 9.93. The summed E-state index contributed by atoms with van der Waals surface area (Å²) < 4.78 is 5.35. The van der Waals surface area contributed by atoms with Gasteiger partial charge in [0, 0.05) is 33.6 Å². The average Bonchev–Trinajstić information content (AvgIpc) is 3.02. The molecule has 1 fully saturated rings. The second-order valence-electron chi connectivity index (χ2n) is 5.29. The highest BCUT2D eigenvalue weighted by atomic mass is 35.5. The number of halogens is 2. The van der Waals surface area contributed by atoms with Crippen LogP contribution < -0.4 is 4.90 Å². The third-order valence-corrected chi connectivity index (χ3v) is 5.58. The summed E-state index contributed by atoms with van der Waals surface area (Å²) in [5.41, 5.74) is 9.81. The van der Waals surface area contributed by atoms with Crippen molar-refractivity contribution in [3.05, 3.63) is 55.0 Å². The number of hydrogen-bond donors (Lipinski definition) is 0. The van der Waals surface area contributed by atoms with Gasteiger partial charge >= 0.3 is 0 Å². The van der Waals surface area contributed by atoms with E-state index in [2.05, 4.69) is 14.9 Å². The summed E-state index contributed by atoms with van der Waals surface area (Å²) in [4.78, 5) is 20.7. The van der Waals surface area contributed by atoms with Gasteiger partial charge in [-0.15, -0.1) is 11.3 Å². The van der Waals surface area contributed by atoms with Crippen LogP contribution in [0.2, 0.25) is 10.0 Å². The van der Waals surface area contributed by atoms with Crippen molar-refractivity contribution in [3.63, 3.8) is 0 Å². The Kier molecular flexibility index (Phi) is 5.67. The first kappa shape index (κ1) is 18.5. The molecule has 1 aromatic carbocycles. The maximum Gasteiger partial charge on any atom is 0.258 e. The minimum absolute atomic E-state index is 0.180. The average molecular weight is 408 g/mol. The van der Waals surface area contributed by atoms with Gasteiger partial charge in [-0.3, -0.25) is 4.79 Å². The van der Waals surface area contributed by atoms with Crippen LogP contribution in [0.5, 0.6) is 0 Å². The Hall–Kier alpha value is -2.27. The van der Waals surface area contributed by atoms with E-state index < -0.39 is 5.91 Å². The van der Waals surface area contributed by atoms with Crippen LogP contribution >= 0.6 is 34.5 Å². The molecule has 0 unspecified atom stereocenters. The van der Waals surface area contributed by atoms with Gasteiger partial charge in [-0.25, -0.2) is 4.85 Å². The third-order valence-electron chi connectivity index (χ3n) is 3.81. The number of carbonyl (C=O) groups is 1. The molecule has 10 heteroatoms. The molecule has 2 aromatic rings. The number of rotatable bonds is 3. The van der Waals surface area contributed by atoms with Gasteiger partial charge in [0.25, 0.3) is 5.91 Å². The fourth-order valence-electron chi connectivity index (χ4n) is 2.67. The molecule has 1 aliphatic heterocycles. The van der Waals surface area contributed by atoms with Crippen LogP contribution in [0.4, 0.5) is 10.7 Å². The van der Waals surface area contributed by atoms with Crippen LogP contribution in [0.15, 0.2) is 23.3 Å². The van der Waals surface area contributed by atoms with Crippen LogP contribution in [0.25, 0.3) is 26.4 Å². The molecule has 132 valence electrons. The van der Waals surface area contributed by atoms with Gasteiger partial charge in [0.2, 0.25) is 5.69 Å². The van der Waals surface area contributed by atoms with E-state index >= 15 is 0 Å². The Bertz CT molecular complexity index is 956. The monoisotopic (exact) mass is 407 g/mol. The highest BCUT2D eigenvalue weighted by Crippen LogP contribution is 2.50. The SMILES string of the molecule is [C-]#[N+]c1c(N2CCOCC2)sc(C(=O)N=[N+]=[N-])c1-c1ccc(Cl)cc1Cl. The number of ether oxygens (including phenoxy) is 1. The minimum Gasteiger partial charge on any atom is -0.378 e. The molecule has 3 rings (SSSR count). The smallest absolute Gasteiger partial charge is 0.258 e. The molecular weight excluding hydrogens is 397 g/mol. The lowest BCUT2D eigenvalue weighted by Gasteiger charge is -2.28. The van der Waals surface area contributed by atoms with E-state index in [1.165, 1.54) is 0 Å². The first-order chi connectivity index (χ1) is 12.6. The maximum absolute atomic E-state index is 12.4. The Balaban J connectivity index is 2.25. The number of nitrogens with zero attached hydrogens (tertiary/aromatic N) is 5. The molecule has 1 aliphatic rings. The highest BCUT2D eigenvalue weighted by Gasteiger charge is 2.28. The van der Waals surface area contributed by atoms with E-state index in [4.69, 9.17) is 40.0 Å². The molecule has 0 spiro atoms. The molecular formula is C16H11Cl2N5O2S. The predicted molar refractivity (Wildman–Crippen MR) is 103 cm³/mol. The normalized spacial score (nSPS) is 13.8. The number of amides is 1. The molecule has 7 nitrogen and oxygen atoms in total. The molecule has 26 heavy (non-hydrogen) atoms. The number of carbonyl (C=O) groups excluding carboxylic acids is 1.